The topological polar surface area (TPSA) is 66.9 Å². The van der Waals surface area contributed by atoms with Gasteiger partial charge in [-0.1, -0.05) is 12.1 Å². The molecular formula is C15H20N2O4S. The number of rotatable bonds is 2. The van der Waals surface area contributed by atoms with Gasteiger partial charge < -0.3 is 9.64 Å². The molecule has 2 aliphatic heterocycles. The molecule has 0 radical (unpaired) electrons. The van der Waals surface area contributed by atoms with Crippen LogP contribution in [0, 0.1) is 0 Å². The summed E-state index contributed by atoms with van der Waals surface area (Å²) >= 11 is 0. The van der Waals surface area contributed by atoms with E-state index in [1.54, 1.807) is 24.3 Å². The number of nitrogens with zero attached hydrogens (tertiary/aromatic N) is 2. The third-order valence-electron chi connectivity index (χ3n) is 4.09. The maximum Gasteiger partial charge on any atom is 0.263 e. The molecule has 1 atom stereocenters. The SMILES string of the molecule is CS(=O)(=O)N1CCC(C(=O)N2CCCC2)Oc2ccccc21. The normalized spacial score (nSPS) is 22.0. The number of amides is 1. The lowest BCUT2D eigenvalue weighted by atomic mass is 10.2. The smallest absolute Gasteiger partial charge is 0.263 e. The fourth-order valence-corrected chi connectivity index (χ4v) is 3.93. The van der Waals surface area contributed by atoms with Gasteiger partial charge in [0, 0.05) is 26.1 Å². The van der Waals surface area contributed by atoms with Crippen LogP contribution in [0.5, 0.6) is 5.75 Å². The zero-order valence-electron chi connectivity index (χ0n) is 12.6. The highest BCUT2D eigenvalue weighted by atomic mass is 32.2. The van der Waals surface area contributed by atoms with E-state index in [0.717, 1.165) is 25.9 Å². The quantitative estimate of drug-likeness (QED) is 0.820. The maximum atomic E-state index is 12.6. The number of anilines is 1. The van der Waals surface area contributed by atoms with Gasteiger partial charge in [0.15, 0.2) is 6.10 Å². The minimum absolute atomic E-state index is 0.0392. The Labute approximate surface area is 130 Å². The van der Waals surface area contributed by atoms with E-state index in [-0.39, 0.29) is 12.5 Å². The summed E-state index contributed by atoms with van der Waals surface area (Å²) in [5.41, 5.74) is 0.502. The first-order valence-corrected chi connectivity index (χ1v) is 9.34. The van der Waals surface area contributed by atoms with Gasteiger partial charge in [-0.25, -0.2) is 8.42 Å². The zero-order valence-corrected chi connectivity index (χ0v) is 13.4. The van der Waals surface area contributed by atoms with Gasteiger partial charge in [-0.15, -0.1) is 0 Å². The third-order valence-corrected chi connectivity index (χ3v) is 5.27. The molecule has 6 nitrogen and oxygen atoms in total. The molecule has 1 saturated heterocycles. The van der Waals surface area contributed by atoms with Gasteiger partial charge in [0.05, 0.1) is 11.9 Å². The van der Waals surface area contributed by atoms with E-state index < -0.39 is 16.1 Å². The van der Waals surface area contributed by atoms with Gasteiger partial charge in [-0.05, 0) is 25.0 Å². The van der Waals surface area contributed by atoms with E-state index in [1.807, 2.05) is 4.90 Å². The molecule has 7 heteroatoms. The van der Waals surface area contributed by atoms with E-state index >= 15 is 0 Å². The van der Waals surface area contributed by atoms with Crippen LogP contribution < -0.4 is 9.04 Å². The van der Waals surface area contributed by atoms with E-state index in [0.29, 0.717) is 17.9 Å². The Morgan fingerprint density at radius 3 is 2.55 bits per heavy atom. The number of carbonyl (C=O) groups is 1. The van der Waals surface area contributed by atoms with Crippen molar-refractivity contribution < 1.29 is 17.9 Å². The van der Waals surface area contributed by atoms with Crippen LogP contribution in [0.2, 0.25) is 0 Å². The van der Waals surface area contributed by atoms with Gasteiger partial charge in [0.1, 0.15) is 5.75 Å². The van der Waals surface area contributed by atoms with E-state index in [9.17, 15) is 13.2 Å². The van der Waals surface area contributed by atoms with Crippen molar-refractivity contribution >= 4 is 21.6 Å². The second-order valence-corrected chi connectivity index (χ2v) is 7.64. The number of benzene rings is 1. The Morgan fingerprint density at radius 1 is 1.18 bits per heavy atom. The fraction of sp³-hybridized carbons (Fsp3) is 0.533. The van der Waals surface area contributed by atoms with Crippen LogP contribution >= 0.6 is 0 Å². The number of carbonyl (C=O) groups excluding carboxylic acids is 1. The first kappa shape index (κ1) is 15.1. The molecular weight excluding hydrogens is 304 g/mol. The molecule has 1 unspecified atom stereocenters. The van der Waals surface area contributed by atoms with Crippen molar-refractivity contribution in [3.8, 4) is 5.75 Å². The Hall–Kier alpha value is -1.76. The Morgan fingerprint density at radius 2 is 1.86 bits per heavy atom. The first-order valence-electron chi connectivity index (χ1n) is 7.49. The van der Waals surface area contributed by atoms with Gasteiger partial charge in [-0.3, -0.25) is 9.10 Å². The molecule has 2 heterocycles. The summed E-state index contributed by atoms with van der Waals surface area (Å²) in [6.45, 7) is 1.77. The highest BCUT2D eigenvalue weighted by Gasteiger charge is 2.33. The average Bonchev–Trinajstić information content (AvgIpc) is 2.92. The van der Waals surface area contributed by atoms with Crippen LogP contribution in [-0.4, -0.2) is 51.2 Å². The largest absolute Gasteiger partial charge is 0.478 e. The molecule has 2 aliphatic rings. The lowest BCUT2D eigenvalue weighted by Gasteiger charge is -2.22. The first-order chi connectivity index (χ1) is 10.5. The Bertz CT molecular complexity index is 668. The molecule has 1 aromatic rings. The highest BCUT2D eigenvalue weighted by Crippen LogP contribution is 2.34. The summed E-state index contributed by atoms with van der Waals surface area (Å²) in [6, 6.07) is 6.97. The van der Waals surface area contributed by atoms with Gasteiger partial charge in [0.25, 0.3) is 5.91 Å². The number of sulfonamides is 1. The number of fused-ring (bicyclic) bond motifs is 1. The molecule has 22 heavy (non-hydrogen) atoms. The summed E-state index contributed by atoms with van der Waals surface area (Å²) < 4.78 is 31.2. The number of hydrogen-bond donors (Lipinski definition) is 0. The third kappa shape index (κ3) is 2.90. The summed E-state index contributed by atoms with van der Waals surface area (Å²) in [5.74, 6) is 0.408. The molecule has 1 amide bonds. The Balaban J connectivity index is 1.90. The minimum Gasteiger partial charge on any atom is -0.478 e. The van der Waals surface area contributed by atoms with Crippen LogP contribution in [0.15, 0.2) is 24.3 Å². The van der Waals surface area contributed by atoms with Crippen molar-refractivity contribution in [1.29, 1.82) is 0 Å². The molecule has 0 aromatic heterocycles. The fourth-order valence-electron chi connectivity index (χ4n) is 2.99. The number of para-hydroxylation sites is 2. The van der Waals surface area contributed by atoms with Crippen molar-refractivity contribution in [2.45, 2.75) is 25.4 Å². The van der Waals surface area contributed by atoms with Gasteiger partial charge >= 0.3 is 0 Å². The summed E-state index contributed by atoms with van der Waals surface area (Å²) in [5, 5.41) is 0. The summed E-state index contributed by atoms with van der Waals surface area (Å²) in [7, 11) is -3.40. The molecule has 0 aliphatic carbocycles. The predicted octanol–water partition coefficient (Wildman–Crippen LogP) is 1.23. The van der Waals surface area contributed by atoms with Gasteiger partial charge in [0.2, 0.25) is 10.0 Å². The predicted molar refractivity (Wildman–Crippen MR) is 83.5 cm³/mol. The monoisotopic (exact) mass is 324 g/mol. The van der Waals surface area contributed by atoms with Crippen molar-refractivity contribution in [2.24, 2.45) is 0 Å². The van der Waals surface area contributed by atoms with Gasteiger partial charge in [-0.2, -0.15) is 0 Å². The molecule has 1 fully saturated rings. The second-order valence-electron chi connectivity index (χ2n) is 5.73. The highest BCUT2D eigenvalue weighted by molar-refractivity contribution is 7.92. The summed E-state index contributed by atoms with van der Waals surface area (Å²) in [4.78, 5) is 14.4. The van der Waals surface area contributed by atoms with Crippen molar-refractivity contribution in [3.63, 3.8) is 0 Å². The van der Waals surface area contributed by atoms with Crippen LogP contribution in [0.25, 0.3) is 0 Å². The molecule has 3 rings (SSSR count). The summed E-state index contributed by atoms with van der Waals surface area (Å²) in [6.07, 6.45) is 2.95. The van der Waals surface area contributed by atoms with Crippen LogP contribution in [-0.2, 0) is 14.8 Å². The molecule has 0 N–H and O–H groups in total. The van der Waals surface area contributed by atoms with Crippen molar-refractivity contribution in [2.75, 3.05) is 30.2 Å². The Kier molecular flexibility index (Phi) is 3.99. The standard InChI is InChI=1S/C15H20N2O4S/c1-22(19,20)17-11-8-14(15(18)16-9-4-5-10-16)21-13-7-3-2-6-12(13)17/h2-3,6-7,14H,4-5,8-11H2,1H3. The average molecular weight is 324 g/mol. The molecule has 0 spiro atoms. The molecule has 120 valence electrons. The van der Waals surface area contributed by atoms with E-state index in [4.69, 9.17) is 4.74 Å². The number of ether oxygens (including phenoxy) is 1. The second kappa shape index (κ2) is 5.79. The minimum atomic E-state index is -3.40. The van der Waals surface area contributed by atoms with Crippen LogP contribution in [0.3, 0.4) is 0 Å². The molecule has 0 saturated carbocycles. The lowest BCUT2D eigenvalue weighted by Crippen LogP contribution is -2.41. The molecule has 1 aromatic carbocycles. The van der Waals surface area contributed by atoms with Crippen LogP contribution in [0.4, 0.5) is 5.69 Å². The lowest BCUT2D eigenvalue weighted by molar-refractivity contribution is -0.137. The van der Waals surface area contributed by atoms with E-state index in [1.165, 1.54) is 10.6 Å². The molecule has 0 bridgehead atoms. The maximum absolute atomic E-state index is 12.6. The zero-order chi connectivity index (χ0) is 15.7. The van der Waals surface area contributed by atoms with Crippen molar-refractivity contribution in [1.82, 2.24) is 4.90 Å². The van der Waals surface area contributed by atoms with E-state index in [2.05, 4.69) is 0 Å². The van der Waals surface area contributed by atoms with Crippen molar-refractivity contribution in [3.05, 3.63) is 24.3 Å². The number of hydrogen-bond acceptors (Lipinski definition) is 4. The number of likely N-dealkylation sites (tertiary alicyclic amines) is 1. The van der Waals surface area contributed by atoms with Crippen LogP contribution in [0.1, 0.15) is 19.3 Å².